The number of benzene rings is 1. The molecule has 3 N–H and O–H groups in total. The lowest BCUT2D eigenvalue weighted by Gasteiger charge is -2.48. The zero-order valence-electron chi connectivity index (χ0n) is 37.8. The van der Waals surface area contributed by atoms with E-state index in [0.29, 0.717) is 70.7 Å². The van der Waals surface area contributed by atoms with Crippen molar-refractivity contribution in [3.05, 3.63) is 102 Å². The predicted molar refractivity (Wildman–Crippen MR) is 251 cm³/mol. The number of piperazine rings is 1. The SMILES string of the molecule is C=CC(=O)Nc1cc(Nc2nc(-c3ccnc(N4CCn5c(cc6c5CC(C)(C)C6)C4=O)c3CO)cnc2OC)ccc1N1CCN(C2CCN(c3ccc(C)nc3)[C@@H](C)C2)C[C@@H]1C. The van der Waals surface area contributed by atoms with Gasteiger partial charge >= 0.3 is 0 Å². The highest BCUT2D eigenvalue weighted by atomic mass is 16.5. The second-order valence-electron chi connectivity index (χ2n) is 18.5. The van der Waals surface area contributed by atoms with Crippen molar-refractivity contribution in [2.24, 2.45) is 5.41 Å². The average molecular weight is 866 g/mol. The molecule has 0 bridgehead atoms. The van der Waals surface area contributed by atoms with Crippen molar-refractivity contribution < 1.29 is 19.4 Å². The molecule has 5 aromatic rings. The van der Waals surface area contributed by atoms with Gasteiger partial charge in [-0.25, -0.2) is 15.0 Å². The van der Waals surface area contributed by atoms with E-state index in [1.165, 1.54) is 30.1 Å². The molecule has 0 spiro atoms. The first-order valence-electron chi connectivity index (χ1n) is 22.4. The molecule has 0 radical (unpaired) electrons. The minimum absolute atomic E-state index is 0.136. The molecule has 64 heavy (non-hydrogen) atoms. The molecule has 15 nitrogen and oxygen atoms in total. The molecule has 0 saturated carbocycles. The van der Waals surface area contributed by atoms with E-state index in [9.17, 15) is 14.7 Å². The number of ether oxygens (including phenoxy) is 1. The molecule has 1 aliphatic carbocycles. The Morgan fingerprint density at radius 2 is 1.83 bits per heavy atom. The molecule has 9 rings (SSSR count). The number of pyridine rings is 2. The van der Waals surface area contributed by atoms with Crippen molar-refractivity contribution in [3.63, 3.8) is 0 Å². The van der Waals surface area contributed by atoms with Crippen LogP contribution < -0.4 is 30.1 Å². The average Bonchev–Trinajstić information content (AvgIpc) is 3.78. The van der Waals surface area contributed by atoms with Gasteiger partial charge in [0.2, 0.25) is 5.91 Å². The highest BCUT2D eigenvalue weighted by Gasteiger charge is 2.38. The molecule has 334 valence electrons. The maximum absolute atomic E-state index is 14.0. The normalized spacial score (nSPS) is 20.8. The fourth-order valence-electron chi connectivity index (χ4n) is 10.4. The number of carbonyl (C=O) groups is 2. The highest BCUT2D eigenvalue weighted by molar-refractivity contribution is 6.06. The van der Waals surface area contributed by atoms with Gasteiger partial charge in [0.05, 0.1) is 48.9 Å². The van der Waals surface area contributed by atoms with Crippen LogP contribution in [0.3, 0.4) is 0 Å². The Hall–Kier alpha value is -6.32. The number of nitrogens with zero attached hydrogens (tertiary/aromatic N) is 9. The summed E-state index contributed by atoms with van der Waals surface area (Å²) < 4.78 is 7.82. The van der Waals surface area contributed by atoms with Gasteiger partial charge in [-0.05, 0) is 106 Å². The minimum atomic E-state index is -0.366. The van der Waals surface area contributed by atoms with E-state index < -0.39 is 0 Å². The van der Waals surface area contributed by atoms with Crippen molar-refractivity contribution >= 4 is 46.2 Å². The third-order valence-electron chi connectivity index (χ3n) is 13.5. The molecule has 15 heteroatoms. The lowest BCUT2D eigenvalue weighted by atomic mass is 9.90. The van der Waals surface area contributed by atoms with Gasteiger partial charge in [0.25, 0.3) is 11.8 Å². The van der Waals surface area contributed by atoms with E-state index in [-0.39, 0.29) is 35.8 Å². The van der Waals surface area contributed by atoms with Gasteiger partial charge in [-0.1, -0.05) is 20.4 Å². The van der Waals surface area contributed by atoms with Crippen LogP contribution in [0.4, 0.5) is 34.4 Å². The topological polar surface area (TPSA) is 157 Å². The Balaban J connectivity index is 0.933. The quantitative estimate of drug-likeness (QED) is 0.120. The number of aliphatic hydroxyl groups excluding tert-OH is 1. The Morgan fingerprint density at radius 3 is 2.56 bits per heavy atom. The molecule has 1 unspecified atom stereocenters. The largest absolute Gasteiger partial charge is 0.478 e. The number of aromatic nitrogens is 5. The van der Waals surface area contributed by atoms with E-state index in [2.05, 4.69) is 91.3 Å². The number of aryl methyl sites for hydroxylation is 1. The van der Waals surface area contributed by atoms with Crippen molar-refractivity contribution in [1.82, 2.24) is 29.4 Å². The second kappa shape index (κ2) is 17.3. The first kappa shape index (κ1) is 43.0. The number of piperidine rings is 1. The van der Waals surface area contributed by atoms with E-state index in [0.717, 1.165) is 63.2 Å². The summed E-state index contributed by atoms with van der Waals surface area (Å²) in [5.74, 6) is 0.540. The molecule has 4 aliphatic rings. The number of fused-ring (bicyclic) bond motifs is 3. The molecular formula is C49H59N11O4. The van der Waals surface area contributed by atoms with Crippen LogP contribution in [0, 0.1) is 12.3 Å². The van der Waals surface area contributed by atoms with E-state index in [1.807, 2.05) is 37.4 Å². The summed E-state index contributed by atoms with van der Waals surface area (Å²) in [5, 5.41) is 17.3. The smallest absolute Gasteiger partial charge is 0.276 e. The van der Waals surface area contributed by atoms with Gasteiger partial charge in [0.1, 0.15) is 11.5 Å². The predicted octanol–water partition coefficient (Wildman–Crippen LogP) is 6.77. The molecule has 2 amide bonds. The first-order valence-corrected chi connectivity index (χ1v) is 22.4. The Kier molecular flexibility index (Phi) is 11.6. The summed E-state index contributed by atoms with van der Waals surface area (Å²) in [5.41, 5.74) is 9.27. The number of rotatable bonds is 11. The zero-order valence-corrected chi connectivity index (χ0v) is 37.8. The molecular weight excluding hydrogens is 807 g/mol. The van der Waals surface area contributed by atoms with Gasteiger partial charge in [-0.2, -0.15) is 0 Å². The number of nitrogens with one attached hydrogen (secondary N) is 2. The standard InChI is InChI=1S/C49H59N11O4/c1-8-44(62)54-39-23-34(10-12-41(39)58-18-17-56(28-32(58)4)35-14-16-57(31(3)21-35)36-11-9-30(2)51-26-36)53-45-47(64-7)52-27-40(55-45)37-13-15-50-46(38(37)29-61)60-20-19-59-42(48(60)63)22-33-24-49(5,6)25-43(33)59/h8-13,15,22-23,26-27,31-32,35,61H,1,14,16-21,24-25,28-29H2,2-7H3,(H,53,55)(H,54,62)/t31-,32-,35?/m0/s1. The summed E-state index contributed by atoms with van der Waals surface area (Å²) in [7, 11) is 1.53. The number of hydrogen-bond acceptors (Lipinski definition) is 12. The van der Waals surface area contributed by atoms with Crippen molar-refractivity contribution in [3.8, 4) is 17.1 Å². The molecule has 2 saturated heterocycles. The van der Waals surface area contributed by atoms with Crippen LogP contribution in [0.15, 0.2) is 73.7 Å². The maximum Gasteiger partial charge on any atom is 0.276 e. The summed E-state index contributed by atoms with van der Waals surface area (Å²) in [6.45, 7) is 19.1. The van der Waals surface area contributed by atoms with Crippen LogP contribution in [0.5, 0.6) is 5.88 Å². The van der Waals surface area contributed by atoms with Crippen molar-refractivity contribution in [2.45, 2.75) is 91.6 Å². The monoisotopic (exact) mass is 865 g/mol. The number of methoxy groups -OCH3 is 1. The Morgan fingerprint density at radius 1 is 0.984 bits per heavy atom. The van der Waals surface area contributed by atoms with Gasteiger partial charge < -0.3 is 34.8 Å². The molecule has 4 aromatic heterocycles. The Labute approximate surface area is 375 Å². The highest BCUT2D eigenvalue weighted by Crippen LogP contribution is 2.41. The minimum Gasteiger partial charge on any atom is -0.478 e. The third-order valence-corrected chi connectivity index (χ3v) is 13.5. The number of hydrogen-bond donors (Lipinski definition) is 3. The lowest BCUT2D eigenvalue weighted by Crippen LogP contribution is -2.58. The van der Waals surface area contributed by atoms with Crippen molar-refractivity contribution in [1.29, 1.82) is 0 Å². The third kappa shape index (κ3) is 8.18. The van der Waals surface area contributed by atoms with Gasteiger partial charge in [0, 0.05) is 91.8 Å². The molecule has 2 fully saturated rings. The van der Waals surface area contributed by atoms with Crippen LogP contribution in [0.1, 0.15) is 73.5 Å². The summed E-state index contributed by atoms with van der Waals surface area (Å²) >= 11 is 0. The van der Waals surface area contributed by atoms with Crippen LogP contribution in [0.2, 0.25) is 0 Å². The summed E-state index contributed by atoms with van der Waals surface area (Å²) in [4.78, 5) is 54.8. The fourth-order valence-corrected chi connectivity index (χ4v) is 10.4. The fraction of sp³-hybridized carbons (Fsp3) is 0.429. The van der Waals surface area contributed by atoms with Crippen LogP contribution in [-0.4, -0.2) is 104 Å². The Bertz CT molecular complexity index is 2590. The van der Waals surface area contributed by atoms with Gasteiger partial charge in [-0.15, -0.1) is 0 Å². The maximum atomic E-state index is 14.0. The second-order valence-corrected chi connectivity index (χ2v) is 18.5. The van der Waals surface area contributed by atoms with Crippen LogP contribution in [0.25, 0.3) is 11.3 Å². The molecule has 3 atom stereocenters. The van der Waals surface area contributed by atoms with Crippen LogP contribution in [-0.2, 0) is 30.8 Å². The molecule has 7 heterocycles. The first-order chi connectivity index (χ1) is 30.8. The van der Waals surface area contributed by atoms with E-state index in [1.54, 1.807) is 23.4 Å². The van der Waals surface area contributed by atoms with Crippen LogP contribution >= 0.6 is 0 Å². The molecule has 1 aromatic carbocycles. The number of anilines is 6. The molecule has 3 aliphatic heterocycles. The zero-order chi connectivity index (χ0) is 44.9. The van der Waals surface area contributed by atoms with Gasteiger partial charge in [0.15, 0.2) is 5.82 Å². The van der Waals surface area contributed by atoms with E-state index >= 15 is 0 Å². The summed E-state index contributed by atoms with van der Waals surface area (Å²) in [6, 6.07) is 15.0. The van der Waals surface area contributed by atoms with E-state index in [4.69, 9.17) is 9.72 Å². The number of carbonyl (C=O) groups excluding carboxylic acids is 2. The number of amides is 2. The summed E-state index contributed by atoms with van der Waals surface area (Å²) in [6.07, 6.45) is 10.5. The number of aliphatic hydroxyl groups is 1. The van der Waals surface area contributed by atoms with Crippen molar-refractivity contribution in [2.75, 3.05) is 65.2 Å². The lowest BCUT2D eigenvalue weighted by molar-refractivity contribution is -0.111. The van der Waals surface area contributed by atoms with Gasteiger partial charge in [-0.3, -0.25) is 24.4 Å².